The largest absolute Gasteiger partial charge is 0.350 e. The molecule has 0 unspecified atom stereocenters. The molecule has 5 nitrogen and oxygen atoms in total. The molecule has 1 N–H and O–H groups in total. The normalized spacial score (nSPS) is 10.6. The van der Waals surface area contributed by atoms with E-state index in [0.29, 0.717) is 13.1 Å². The van der Waals surface area contributed by atoms with E-state index < -0.39 is 0 Å². The van der Waals surface area contributed by atoms with Crippen LogP contribution < -0.4 is 10.9 Å². The van der Waals surface area contributed by atoms with Crippen LogP contribution in [0.2, 0.25) is 0 Å². The molecule has 128 valence electrons. The van der Waals surface area contributed by atoms with E-state index in [1.807, 2.05) is 6.92 Å². The second kappa shape index (κ2) is 9.27. The van der Waals surface area contributed by atoms with Crippen LogP contribution in [-0.2, 0) is 12.3 Å². The van der Waals surface area contributed by atoms with E-state index in [9.17, 15) is 9.59 Å². The molecule has 0 bridgehead atoms. The summed E-state index contributed by atoms with van der Waals surface area (Å²) in [6.07, 6.45) is 0.799. The molecule has 24 heavy (non-hydrogen) atoms. The molecule has 1 amide bonds. The predicted molar refractivity (Wildman–Crippen MR) is 98.5 cm³/mol. The molecule has 0 aliphatic carbocycles. The lowest BCUT2D eigenvalue weighted by molar-refractivity contribution is 0.0948. The van der Waals surface area contributed by atoms with Gasteiger partial charge in [0.15, 0.2) is 0 Å². The number of amides is 1. The van der Waals surface area contributed by atoms with Crippen molar-refractivity contribution in [1.29, 1.82) is 0 Å². The van der Waals surface area contributed by atoms with E-state index in [0.717, 1.165) is 17.9 Å². The highest BCUT2D eigenvalue weighted by Gasteiger charge is 2.08. The number of hydrogen-bond acceptors (Lipinski definition) is 4. The highest BCUT2D eigenvalue weighted by molar-refractivity contribution is 7.98. The Kier molecular flexibility index (Phi) is 7.06. The van der Waals surface area contributed by atoms with Crippen molar-refractivity contribution in [2.24, 2.45) is 0 Å². The first-order chi connectivity index (χ1) is 11.6. The molecule has 2 rings (SSSR count). The van der Waals surface area contributed by atoms with Crippen LogP contribution in [0.5, 0.6) is 0 Å². The number of hydrogen-bond donors (Lipinski definition) is 1. The van der Waals surface area contributed by atoms with Gasteiger partial charge in [-0.3, -0.25) is 9.59 Å². The van der Waals surface area contributed by atoms with Crippen molar-refractivity contribution in [2.75, 3.05) is 12.3 Å². The zero-order valence-electron chi connectivity index (χ0n) is 14.1. The molecule has 0 saturated heterocycles. The van der Waals surface area contributed by atoms with Gasteiger partial charge in [0, 0.05) is 30.7 Å². The summed E-state index contributed by atoms with van der Waals surface area (Å²) in [5.41, 5.74) is 2.65. The second-order valence-electron chi connectivity index (χ2n) is 5.57. The van der Waals surface area contributed by atoms with Gasteiger partial charge in [-0.1, -0.05) is 36.8 Å². The van der Waals surface area contributed by atoms with Gasteiger partial charge < -0.3 is 5.32 Å². The monoisotopic (exact) mass is 345 g/mol. The van der Waals surface area contributed by atoms with Gasteiger partial charge in [-0.15, -0.1) is 0 Å². The molecular weight excluding hydrogens is 322 g/mol. The number of nitrogens with zero attached hydrogens (tertiary/aromatic N) is 2. The minimum atomic E-state index is -0.240. The van der Waals surface area contributed by atoms with Crippen LogP contribution in [0.1, 0.15) is 35.0 Å². The fourth-order valence-electron chi connectivity index (χ4n) is 2.14. The van der Waals surface area contributed by atoms with Gasteiger partial charge in [-0.05, 0) is 25.0 Å². The summed E-state index contributed by atoms with van der Waals surface area (Å²) in [5.74, 6) is 1.51. The van der Waals surface area contributed by atoms with Crippen molar-refractivity contribution in [3.8, 4) is 0 Å². The smallest absolute Gasteiger partial charge is 0.271 e. The van der Waals surface area contributed by atoms with Gasteiger partial charge in [0.25, 0.3) is 11.5 Å². The van der Waals surface area contributed by atoms with Gasteiger partial charge in [0.1, 0.15) is 5.69 Å². The second-order valence-corrected chi connectivity index (χ2v) is 6.68. The SMILES string of the molecule is CCCn1nc(C(=O)NCCSCc2ccc(C)cc2)ccc1=O. The fourth-order valence-corrected chi connectivity index (χ4v) is 2.96. The highest BCUT2D eigenvalue weighted by atomic mass is 32.2. The topological polar surface area (TPSA) is 64.0 Å². The first-order valence-electron chi connectivity index (χ1n) is 8.10. The van der Waals surface area contributed by atoms with Crippen molar-refractivity contribution >= 4 is 17.7 Å². The van der Waals surface area contributed by atoms with Crippen LogP contribution in [0.3, 0.4) is 0 Å². The molecule has 1 aromatic heterocycles. The molecule has 0 aliphatic heterocycles. The zero-order valence-corrected chi connectivity index (χ0v) is 14.9. The summed E-state index contributed by atoms with van der Waals surface area (Å²) in [7, 11) is 0. The molecule has 1 heterocycles. The first-order valence-corrected chi connectivity index (χ1v) is 9.25. The number of aryl methyl sites for hydroxylation is 2. The average molecular weight is 345 g/mol. The Balaban J connectivity index is 1.76. The van der Waals surface area contributed by atoms with Gasteiger partial charge in [-0.2, -0.15) is 16.9 Å². The predicted octanol–water partition coefficient (Wildman–Crippen LogP) is 2.62. The van der Waals surface area contributed by atoms with Crippen LogP contribution in [0, 0.1) is 6.92 Å². The molecule has 0 fully saturated rings. The van der Waals surface area contributed by atoms with Crippen molar-refractivity contribution in [3.63, 3.8) is 0 Å². The van der Waals surface area contributed by atoms with Crippen LogP contribution >= 0.6 is 11.8 Å². The maximum absolute atomic E-state index is 12.1. The number of benzene rings is 1. The quantitative estimate of drug-likeness (QED) is 0.747. The van der Waals surface area contributed by atoms with Crippen molar-refractivity contribution in [1.82, 2.24) is 15.1 Å². The molecule has 0 aliphatic rings. The minimum Gasteiger partial charge on any atom is -0.350 e. The molecular formula is C18H23N3O2S. The van der Waals surface area contributed by atoms with Gasteiger partial charge >= 0.3 is 0 Å². The van der Waals surface area contributed by atoms with E-state index in [4.69, 9.17) is 0 Å². The molecule has 0 saturated carbocycles. The lowest BCUT2D eigenvalue weighted by Crippen LogP contribution is -2.30. The number of thioether (sulfide) groups is 1. The van der Waals surface area contributed by atoms with E-state index in [2.05, 4.69) is 41.6 Å². The zero-order chi connectivity index (χ0) is 17.4. The Morgan fingerprint density at radius 3 is 2.67 bits per heavy atom. The summed E-state index contributed by atoms with van der Waals surface area (Å²) < 4.78 is 1.33. The Bertz CT molecular complexity index is 726. The molecule has 0 radical (unpaired) electrons. The average Bonchev–Trinajstić information content (AvgIpc) is 2.58. The maximum Gasteiger partial charge on any atom is 0.271 e. The number of aromatic nitrogens is 2. The highest BCUT2D eigenvalue weighted by Crippen LogP contribution is 2.12. The number of nitrogens with one attached hydrogen (secondary N) is 1. The van der Waals surface area contributed by atoms with Gasteiger partial charge in [0.05, 0.1) is 0 Å². The molecule has 1 aromatic carbocycles. The summed E-state index contributed by atoms with van der Waals surface area (Å²) in [5, 5.41) is 6.95. The lowest BCUT2D eigenvalue weighted by atomic mass is 10.2. The van der Waals surface area contributed by atoms with Crippen molar-refractivity contribution in [3.05, 3.63) is 63.6 Å². The van der Waals surface area contributed by atoms with E-state index in [1.54, 1.807) is 11.8 Å². The summed E-state index contributed by atoms with van der Waals surface area (Å²) in [6, 6.07) is 11.3. The fraction of sp³-hybridized carbons (Fsp3) is 0.389. The summed E-state index contributed by atoms with van der Waals surface area (Å²) >= 11 is 1.77. The third-order valence-electron chi connectivity index (χ3n) is 3.46. The van der Waals surface area contributed by atoms with Crippen LogP contribution in [0.25, 0.3) is 0 Å². The Morgan fingerprint density at radius 1 is 1.21 bits per heavy atom. The van der Waals surface area contributed by atoms with Gasteiger partial charge in [-0.25, -0.2) is 4.68 Å². The third kappa shape index (κ3) is 5.53. The van der Waals surface area contributed by atoms with Crippen molar-refractivity contribution in [2.45, 2.75) is 32.6 Å². The standard InChI is InChI=1S/C18H23N3O2S/c1-3-11-21-17(22)9-8-16(20-21)18(23)19-10-12-24-13-15-6-4-14(2)5-7-15/h4-9H,3,10-13H2,1-2H3,(H,19,23). The Hall–Kier alpha value is -2.08. The van der Waals surface area contributed by atoms with Gasteiger partial charge in [0.2, 0.25) is 0 Å². The van der Waals surface area contributed by atoms with E-state index >= 15 is 0 Å². The summed E-state index contributed by atoms with van der Waals surface area (Å²) in [4.78, 5) is 23.7. The Labute approximate surface area is 146 Å². The lowest BCUT2D eigenvalue weighted by Gasteiger charge is -2.07. The van der Waals surface area contributed by atoms with Crippen LogP contribution in [-0.4, -0.2) is 28.0 Å². The van der Waals surface area contributed by atoms with Crippen LogP contribution in [0.4, 0.5) is 0 Å². The Morgan fingerprint density at radius 2 is 1.96 bits per heavy atom. The molecule has 6 heteroatoms. The van der Waals surface area contributed by atoms with Crippen molar-refractivity contribution < 1.29 is 4.79 Å². The summed E-state index contributed by atoms with van der Waals surface area (Å²) in [6.45, 7) is 5.13. The molecule has 0 spiro atoms. The van der Waals surface area contributed by atoms with Crippen LogP contribution in [0.15, 0.2) is 41.2 Å². The first kappa shape index (κ1) is 18.3. The molecule has 0 atom stereocenters. The molecule has 2 aromatic rings. The number of carbonyl (C=O) groups excluding carboxylic acids is 1. The van der Waals surface area contributed by atoms with E-state index in [-0.39, 0.29) is 17.2 Å². The number of rotatable bonds is 8. The van der Waals surface area contributed by atoms with E-state index in [1.165, 1.54) is 27.9 Å². The number of carbonyl (C=O) groups is 1. The minimum absolute atomic E-state index is 0.179. The maximum atomic E-state index is 12.1. The third-order valence-corrected chi connectivity index (χ3v) is 4.49.